The van der Waals surface area contributed by atoms with E-state index in [0.717, 1.165) is 0 Å². The van der Waals surface area contributed by atoms with Gasteiger partial charge in [-0.25, -0.2) is 0 Å². The maximum Gasteiger partial charge on any atom is 0.0634 e. The molecule has 90 heavy (non-hydrogen) atoms. The molecule has 4 nitrogen and oxygen atoms in total. The first-order chi connectivity index (χ1) is 43.3. The van der Waals surface area contributed by atoms with E-state index in [1.54, 1.807) is 0 Å². The number of fused-ring (bicyclic) bond motifs is 12. The van der Waals surface area contributed by atoms with Crippen molar-refractivity contribution in [2.75, 3.05) is 9.80 Å². The quantitative estimate of drug-likeness (QED) is 0.121. The second-order valence-corrected chi connectivity index (χ2v) is 27.6. The van der Waals surface area contributed by atoms with Crippen molar-refractivity contribution in [2.24, 2.45) is 0 Å². The topological polar surface area (TPSA) is 15.3 Å². The van der Waals surface area contributed by atoms with Crippen LogP contribution in [0.4, 0.5) is 34.1 Å². The molecule has 446 valence electrons. The van der Waals surface area contributed by atoms with Crippen LogP contribution in [0.25, 0.3) is 98.4 Å². The first-order valence-corrected chi connectivity index (χ1v) is 32.9. The lowest BCUT2D eigenvalue weighted by Crippen LogP contribution is -2.14. The van der Waals surface area contributed by atoms with Crippen molar-refractivity contribution in [1.29, 1.82) is 0 Å². The number of rotatable bonds is 12. The molecular formula is C86H82N4. The highest BCUT2D eigenvalue weighted by atomic mass is 15.2. The zero-order chi connectivity index (χ0) is 62.6. The molecule has 0 atom stereocenters. The van der Waals surface area contributed by atoms with Gasteiger partial charge in [0.1, 0.15) is 0 Å². The molecule has 0 amide bonds. The number of benzene rings is 11. The zero-order valence-electron chi connectivity index (χ0n) is 55.4. The van der Waals surface area contributed by atoms with Crippen molar-refractivity contribution in [2.45, 2.75) is 134 Å². The fourth-order valence-electron chi connectivity index (χ4n) is 17.4. The van der Waals surface area contributed by atoms with Crippen LogP contribution in [0.5, 0.6) is 0 Å². The van der Waals surface area contributed by atoms with Gasteiger partial charge in [0.25, 0.3) is 0 Å². The van der Waals surface area contributed by atoms with Gasteiger partial charge in [-0.1, -0.05) is 171 Å². The maximum absolute atomic E-state index is 2.68. The van der Waals surface area contributed by atoms with Crippen LogP contribution < -0.4 is 9.80 Å². The van der Waals surface area contributed by atoms with Crippen LogP contribution in [0.1, 0.15) is 146 Å². The summed E-state index contributed by atoms with van der Waals surface area (Å²) in [5.74, 6) is 1.65. The molecule has 0 aliphatic rings. The van der Waals surface area contributed by atoms with E-state index in [0.29, 0.717) is 23.7 Å². The third kappa shape index (κ3) is 8.32. The Hall–Kier alpha value is -9.38. The predicted octanol–water partition coefficient (Wildman–Crippen LogP) is 25.2. The van der Waals surface area contributed by atoms with Gasteiger partial charge in [-0.2, -0.15) is 0 Å². The van der Waals surface area contributed by atoms with E-state index in [1.807, 2.05) is 0 Å². The second-order valence-electron chi connectivity index (χ2n) is 27.6. The maximum atomic E-state index is 2.68. The molecule has 0 saturated carbocycles. The van der Waals surface area contributed by atoms with Crippen molar-refractivity contribution >= 4 is 110 Å². The van der Waals surface area contributed by atoms with Crippen LogP contribution in [0.2, 0.25) is 0 Å². The number of hydrogen-bond donors (Lipinski definition) is 0. The zero-order valence-corrected chi connectivity index (χ0v) is 55.4. The molecule has 0 bridgehead atoms. The molecule has 15 rings (SSSR count). The molecule has 4 heteroatoms. The highest BCUT2D eigenvalue weighted by molar-refractivity contribution is 6.39. The summed E-state index contributed by atoms with van der Waals surface area (Å²) >= 11 is 0. The lowest BCUT2D eigenvalue weighted by Gasteiger charge is -2.31. The van der Waals surface area contributed by atoms with Crippen LogP contribution in [0, 0.1) is 55.4 Å². The van der Waals surface area contributed by atoms with Gasteiger partial charge in [0, 0.05) is 77.0 Å². The predicted molar refractivity (Wildman–Crippen MR) is 390 cm³/mol. The third-order valence-corrected chi connectivity index (χ3v) is 20.3. The van der Waals surface area contributed by atoms with Gasteiger partial charge in [0.15, 0.2) is 0 Å². The monoisotopic (exact) mass is 1170 g/mol. The smallest absolute Gasteiger partial charge is 0.0634 e. The third-order valence-electron chi connectivity index (χ3n) is 20.3. The summed E-state index contributed by atoms with van der Waals surface area (Å²) < 4.78 is 5.35. The van der Waals surface area contributed by atoms with Crippen molar-refractivity contribution in [3.8, 4) is 22.3 Å². The van der Waals surface area contributed by atoms with Crippen molar-refractivity contribution in [3.63, 3.8) is 0 Å². The molecule has 0 aliphatic heterocycles. The molecule has 0 fully saturated rings. The molecule has 4 heterocycles. The number of para-hydroxylation sites is 2. The summed E-state index contributed by atoms with van der Waals surface area (Å²) in [5, 5.41) is 10.0. The van der Waals surface area contributed by atoms with Crippen molar-refractivity contribution in [1.82, 2.24) is 8.80 Å². The largest absolute Gasteiger partial charge is 0.310 e. The molecule has 0 spiro atoms. The first-order valence-electron chi connectivity index (χ1n) is 32.9. The van der Waals surface area contributed by atoms with Gasteiger partial charge in [0.05, 0.1) is 44.5 Å². The Bertz CT molecular complexity index is 5260. The van der Waals surface area contributed by atoms with E-state index in [1.165, 1.54) is 199 Å². The average molecular weight is 1170 g/mol. The SMILES string of the molecule is Cc1cc(N(c2cc(C)c(C(C)C)c(C)c2)c2cccc3c2c2cccc4c5c(-c6ccccc6)c6c(c(-c7ccccc7)c5n3c24)c2cccc3c4c(N(c5cc(C)c(C(C)C)c(C)c5)c5cc(C)c(C(C)C)c(C)c5)cccc4n6c32)c(C)cc1C(C)C. The second kappa shape index (κ2) is 21.1. The van der Waals surface area contributed by atoms with E-state index in [-0.39, 0.29) is 0 Å². The number of nitrogens with zero attached hydrogens (tertiary/aromatic N) is 4. The van der Waals surface area contributed by atoms with E-state index in [9.17, 15) is 0 Å². The van der Waals surface area contributed by atoms with E-state index < -0.39 is 0 Å². The molecular weight excluding hydrogens is 1090 g/mol. The van der Waals surface area contributed by atoms with Gasteiger partial charge < -0.3 is 18.6 Å². The van der Waals surface area contributed by atoms with Crippen molar-refractivity contribution in [3.05, 3.63) is 249 Å². The van der Waals surface area contributed by atoms with Gasteiger partial charge in [-0.15, -0.1) is 0 Å². The Morgan fingerprint density at radius 1 is 0.278 bits per heavy atom. The van der Waals surface area contributed by atoms with Gasteiger partial charge in [0.2, 0.25) is 0 Å². The Balaban J connectivity index is 1.10. The molecule has 0 radical (unpaired) electrons. The summed E-state index contributed by atoms with van der Waals surface area (Å²) in [6.45, 7) is 37.0. The van der Waals surface area contributed by atoms with Crippen LogP contribution in [0.15, 0.2) is 182 Å². The normalized spacial score (nSPS) is 12.4. The minimum absolute atomic E-state index is 0.413. The van der Waals surface area contributed by atoms with Crippen LogP contribution >= 0.6 is 0 Å². The Morgan fingerprint density at radius 2 is 0.622 bits per heavy atom. The number of aromatic nitrogens is 2. The molecule has 0 unspecified atom stereocenters. The minimum Gasteiger partial charge on any atom is -0.310 e. The van der Waals surface area contributed by atoms with E-state index in [2.05, 4.69) is 311 Å². The van der Waals surface area contributed by atoms with Gasteiger partial charge in [-0.05, 0) is 224 Å². The molecule has 15 aromatic rings. The molecule has 0 saturated heterocycles. The Kier molecular flexibility index (Phi) is 13.4. The number of hydrogen-bond acceptors (Lipinski definition) is 2. The summed E-state index contributed by atoms with van der Waals surface area (Å²) in [6, 6.07) is 70.6. The Labute approximate surface area is 531 Å². The highest BCUT2D eigenvalue weighted by Gasteiger charge is 2.33. The Morgan fingerprint density at radius 3 is 0.989 bits per heavy atom. The standard InChI is InChI=1S/C86H82N4/c1-47(2)68-45-52(10)73(46-51(68)9)88(63-43-57(15)76(50(7)8)58(16)44-63)70-36-26-38-72-80(70)65-32-24-34-67-82-77(59-27-19-17-20-28-59)85-81(78(60-29-21-18-22-30-60)86(82)90(72)84(65)67)66-33-23-31-64-79-69(35-25-37-71(79)89(85)83(64)66)87(61-39-53(11)74(48(3)4)54(12)40-61)62-41-55(13)75(49(5)6)56(14)42-62/h17-50H,1-16H3. The molecule has 4 aromatic heterocycles. The minimum atomic E-state index is 0.413. The lowest BCUT2D eigenvalue weighted by molar-refractivity contribution is 0.845. The van der Waals surface area contributed by atoms with Gasteiger partial charge in [-0.3, -0.25) is 0 Å². The number of anilines is 6. The van der Waals surface area contributed by atoms with E-state index >= 15 is 0 Å². The summed E-state index contributed by atoms with van der Waals surface area (Å²) in [4.78, 5) is 5.17. The van der Waals surface area contributed by atoms with E-state index in [4.69, 9.17) is 0 Å². The fraction of sp³-hybridized carbons (Fsp3) is 0.233. The first kappa shape index (κ1) is 57.1. The summed E-state index contributed by atoms with van der Waals surface area (Å²) in [7, 11) is 0. The van der Waals surface area contributed by atoms with Gasteiger partial charge >= 0.3 is 0 Å². The number of aryl methyl sites for hydroxylation is 8. The summed E-state index contributed by atoms with van der Waals surface area (Å²) in [6.07, 6.45) is 0. The summed E-state index contributed by atoms with van der Waals surface area (Å²) in [5.41, 5.74) is 35.5. The van der Waals surface area contributed by atoms with Crippen LogP contribution in [0.3, 0.4) is 0 Å². The van der Waals surface area contributed by atoms with Crippen LogP contribution in [-0.2, 0) is 0 Å². The molecule has 11 aromatic carbocycles. The molecule has 0 aliphatic carbocycles. The lowest BCUT2D eigenvalue weighted by atomic mass is 9.89. The van der Waals surface area contributed by atoms with Crippen LogP contribution in [-0.4, -0.2) is 8.80 Å². The highest BCUT2D eigenvalue weighted by Crippen LogP contribution is 2.57. The average Bonchev–Trinajstić information content (AvgIpc) is 1.50. The fourth-order valence-corrected chi connectivity index (χ4v) is 17.4. The molecule has 0 N–H and O–H groups in total. The van der Waals surface area contributed by atoms with Crippen molar-refractivity contribution < 1.29 is 0 Å².